The van der Waals surface area contributed by atoms with Crippen molar-refractivity contribution in [1.29, 1.82) is 0 Å². The molecule has 12 rings (SSSR count). The van der Waals surface area contributed by atoms with Crippen molar-refractivity contribution in [3.05, 3.63) is 245 Å². The molecule has 9 aromatic rings. The first-order chi connectivity index (χ1) is 31.0. The van der Waals surface area contributed by atoms with Crippen LogP contribution in [0.25, 0.3) is 44.2 Å². The van der Waals surface area contributed by atoms with Gasteiger partial charge in [0.15, 0.2) is 0 Å². The van der Waals surface area contributed by atoms with E-state index in [0.717, 1.165) is 5.69 Å². The van der Waals surface area contributed by atoms with Gasteiger partial charge >= 0.3 is 0 Å². The van der Waals surface area contributed by atoms with Crippen LogP contribution in [0.1, 0.15) is 90.8 Å². The molecule has 0 aromatic heterocycles. The second-order valence-electron chi connectivity index (χ2n) is 18.6. The van der Waals surface area contributed by atoms with Gasteiger partial charge in [0.2, 0.25) is 0 Å². The molecule has 63 heavy (non-hydrogen) atoms. The lowest BCUT2D eigenvalue weighted by atomic mass is 9.67. The molecule has 3 aliphatic carbocycles. The van der Waals surface area contributed by atoms with Gasteiger partial charge in [-0.15, -0.1) is 0 Å². The number of hydrogen-bond donors (Lipinski definition) is 0. The fourth-order valence-electron chi connectivity index (χ4n) is 12.2. The Balaban J connectivity index is 1.15. The Morgan fingerprint density at radius 3 is 1.70 bits per heavy atom. The van der Waals surface area contributed by atoms with Gasteiger partial charge < -0.3 is 4.90 Å². The maximum Gasteiger partial charge on any atom is 0.0714 e. The predicted octanol–water partition coefficient (Wildman–Crippen LogP) is 16.7. The van der Waals surface area contributed by atoms with E-state index in [-0.39, 0.29) is 5.41 Å². The summed E-state index contributed by atoms with van der Waals surface area (Å²) < 4.78 is 0. The van der Waals surface area contributed by atoms with Gasteiger partial charge in [0, 0.05) is 22.2 Å². The minimum absolute atomic E-state index is 0.145. The molecule has 0 saturated heterocycles. The van der Waals surface area contributed by atoms with Crippen LogP contribution >= 0.6 is 0 Å². The third-order valence-electron chi connectivity index (χ3n) is 14.9. The number of anilines is 3. The van der Waals surface area contributed by atoms with E-state index in [1.54, 1.807) is 0 Å². The van der Waals surface area contributed by atoms with E-state index in [1.165, 1.54) is 127 Å². The first-order valence-electron chi connectivity index (χ1n) is 23.0. The van der Waals surface area contributed by atoms with Crippen molar-refractivity contribution < 1.29 is 0 Å². The number of fused-ring (bicyclic) bond motifs is 7. The van der Waals surface area contributed by atoms with E-state index in [2.05, 4.69) is 225 Å². The summed E-state index contributed by atoms with van der Waals surface area (Å²) in [5.74, 6) is 0.575. The highest BCUT2D eigenvalue weighted by atomic mass is 15.1. The lowest BCUT2D eigenvalue weighted by Crippen LogP contribution is -2.28. The smallest absolute Gasteiger partial charge is 0.0714 e. The Bertz CT molecular complexity index is 3150. The molecule has 1 fully saturated rings. The third-order valence-corrected chi connectivity index (χ3v) is 14.9. The first kappa shape index (κ1) is 37.8. The third kappa shape index (κ3) is 5.68. The normalized spacial score (nSPS) is 15.7. The number of rotatable bonds is 7. The van der Waals surface area contributed by atoms with E-state index >= 15 is 0 Å². The van der Waals surface area contributed by atoms with Gasteiger partial charge in [-0.1, -0.05) is 215 Å². The maximum atomic E-state index is 2.60. The Hall–Kier alpha value is -6.96. The number of para-hydroxylation sites is 1. The number of benzene rings is 9. The Kier molecular flexibility index (Phi) is 8.90. The standard InChI is InChI=1S/C62H51N/c1-61(2)53-35-13-11-32-52(53)60-56(61)38-20-40-58(60)63(57-39-16-12-31-50(57)51-34-18-24-43-23-17-33-47(59(43)51)42-21-5-3-6-22-42)46-28-19-27-45(41-46)62(44-25-7-4-8-26-44)54-36-14-9-29-48(54)49-30-10-15-37-55(49)62/h4,7-20,23-42H,3,5-6,21-22H2,1-2H3. The quantitative estimate of drug-likeness (QED) is 0.155. The predicted molar refractivity (Wildman–Crippen MR) is 265 cm³/mol. The van der Waals surface area contributed by atoms with Crippen molar-refractivity contribution in [1.82, 2.24) is 0 Å². The molecule has 0 aliphatic heterocycles. The Morgan fingerprint density at radius 1 is 0.413 bits per heavy atom. The maximum absolute atomic E-state index is 2.60. The summed E-state index contributed by atoms with van der Waals surface area (Å²) >= 11 is 0. The van der Waals surface area contributed by atoms with Gasteiger partial charge in [0.25, 0.3) is 0 Å². The zero-order valence-corrected chi connectivity index (χ0v) is 36.2. The molecule has 3 aliphatic rings. The number of hydrogen-bond acceptors (Lipinski definition) is 1. The Labute approximate surface area is 372 Å². The van der Waals surface area contributed by atoms with Crippen LogP contribution in [0.4, 0.5) is 17.1 Å². The van der Waals surface area contributed by atoms with Gasteiger partial charge in [-0.25, -0.2) is 0 Å². The molecular weight excluding hydrogens is 759 g/mol. The van der Waals surface area contributed by atoms with E-state index in [0.29, 0.717) is 5.92 Å². The summed E-state index contributed by atoms with van der Waals surface area (Å²) in [7, 11) is 0. The highest BCUT2D eigenvalue weighted by Crippen LogP contribution is 2.58. The van der Waals surface area contributed by atoms with Crippen molar-refractivity contribution in [2.45, 2.75) is 62.7 Å². The summed E-state index contributed by atoms with van der Waals surface area (Å²) in [6.07, 6.45) is 6.47. The van der Waals surface area contributed by atoms with Crippen LogP contribution in [0.2, 0.25) is 0 Å². The summed E-state index contributed by atoms with van der Waals surface area (Å²) in [6, 6.07) is 78.1. The van der Waals surface area contributed by atoms with E-state index in [4.69, 9.17) is 0 Å². The SMILES string of the molecule is CC1(C)c2ccccc2-c2c(N(c3cccc(C4(c5ccccc5)c5ccccc5-c5ccccc54)c3)c3ccccc3-c3cccc4cccc(C5CCCCC5)c34)cccc21. The average Bonchev–Trinajstić information content (AvgIpc) is 3.78. The molecule has 0 radical (unpaired) electrons. The zero-order chi connectivity index (χ0) is 42.1. The van der Waals surface area contributed by atoms with Crippen LogP contribution in [0.5, 0.6) is 0 Å². The van der Waals surface area contributed by atoms with Crippen LogP contribution in [0.15, 0.2) is 206 Å². The molecule has 0 N–H and O–H groups in total. The van der Waals surface area contributed by atoms with Crippen molar-refractivity contribution in [3.8, 4) is 33.4 Å². The monoisotopic (exact) mass is 809 g/mol. The molecule has 0 unspecified atom stereocenters. The average molecular weight is 810 g/mol. The molecule has 1 saturated carbocycles. The molecule has 0 heterocycles. The van der Waals surface area contributed by atoms with Crippen molar-refractivity contribution in [2.75, 3.05) is 4.90 Å². The van der Waals surface area contributed by atoms with Gasteiger partial charge in [-0.3, -0.25) is 0 Å². The molecule has 0 spiro atoms. The van der Waals surface area contributed by atoms with E-state index < -0.39 is 5.41 Å². The van der Waals surface area contributed by atoms with Crippen molar-refractivity contribution in [3.63, 3.8) is 0 Å². The summed E-state index contributed by atoms with van der Waals surface area (Å²) in [4.78, 5) is 2.60. The molecular formula is C62H51N. The second-order valence-corrected chi connectivity index (χ2v) is 18.6. The Morgan fingerprint density at radius 2 is 0.952 bits per heavy atom. The van der Waals surface area contributed by atoms with Crippen LogP contribution < -0.4 is 4.90 Å². The van der Waals surface area contributed by atoms with E-state index in [9.17, 15) is 0 Å². The lowest BCUT2D eigenvalue weighted by Gasteiger charge is -2.36. The molecule has 9 aromatic carbocycles. The van der Waals surface area contributed by atoms with Gasteiger partial charge in [0.1, 0.15) is 0 Å². The largest absolute Gasteiger partial charge is 0.309 e. The minimum atomic E-state index is -0.520. The lowest BCUT2D eigenvalue weighted by molar-refractivity contribution is 0.445. The van der Waals surface area contributed by atoms with Crippen molar-refractivity contribution in [2.24, 2.45) is 0 Å². The summed E-state index contributed by atoms with van der Waals surface area (Å²) in [6.45, 7) is 4.78. The van der Waals surface area contributed by atoms with Crippen LogP contribution in [0, 0.1) is 0 Å². The molecule has 0 atom stereocenters. The number of nitrogens with zero attached hydrogens (tertiary/aromatic N) is 1. The van der Waals surface area contributed by atoms with Crippen LogP contribution in [-0.4, -0.2) is 0 Å². The van der Waals surface area contributed by atoms with Gasteiger partial charge in [-0.2, -0.15) is 0 Å². The topological polar surface area (TPSA) is 3.24 Å². The highest BCUT2D eigenvalue weighted by Gasteiger charge is 2.46. The van der Waals surface area contributed by atoms with Crippen LogP contribution in [-0.2, 0) is 10.8 Å². The van der Waals surface area contributed by atoms with Crippen LogP contribution in [0.3, 0.4) is 0 Å². The molecule has 0 amide bonds. The first-order valence-corrected chi connectivity index (χ1v) is 23.0. The molecule has 1 nitrogen and oxygen atoms in total. The fourth-order valence-corrected chi connectivity index (χ4v) is 12.2. The van der Waals surface area contributed by atoms with E-state index in [1.807, 2.05) is 0 Å². The molecule has 0 bridgehead atoms. The van der Waals surface area contributed by atoms with Gasteiger partial charge in [0.05, 0.1) is 16.8 Å². The van der Waals surface area contributed by atoms with Gasteiger partial charge in [-0.05, 0) is 115 Å². The minimum Gasteiger partial charge on any atom is -0.309 e. The summed E-state index contributed by atoms with van der Waals surface area (Å²) in [5.41, 5.74) is 20.0. The second kappa shape index (κ2) is 14.8. The molecule has 1 heteroatoms. The molecule has 304 valence electrons. The highest BCUT2D eigenvalue weighted by molar-refractivity contribution is 6.05. The van der Waals surface area contributed by atoms with Crippen molar-refractivity contribution >= 4 is 27.8 Å². The zero-order valence-electron chi connectivity index (χ0n) is 36.2. The summed E-state index contributed by atoms with van der Waals surface area (Å²) in [5, 5.41) is 2.72. The fraction of sp³-hybridized carbons (Fsp3) is 0.161.